The lowest BCUT2D eigenvalue weighted by Crippen LogP contribution is -2.10. The van der Waals surface area contributed by atoms with E-state index in [9.17, 15) is 4.79 Å². The molecule has 0 aromatic heterocycles. The molecule has 0 fully saturated rings. The zero-order valence-corrected chi connectivity index (χ0v) is 7.09. The van der Waals surface area contributed by atoms with E-state index in [-0.39, 0.29) is 5.97 Å². The van der Waals surface area contributed by atoms with Crippen LogP contribution in [0.5, 0.6) is 0 Å². The number of allylic oxidation sites excluding steroid dienone is 1. The van der Waals surface area contributed by atoms with Crippen molar-refractivity contribution in [2.75, 3.05) is 6.61 Å². The van der Waals surface area contributed by atoms with Crippen molar-refractivity contribution in [1.29, 1.82) is 0 Å². The molecule has 62 valence electrons. The highest BCUT2D eigenvalue weighted by Gasteiger charge is 2.21. The van der Waals surface area contributed by atoms with E-state index in [1.165, 1.54) is 0 Å². The molecule has 1 rings (SSSR count). The number of carbonyl (C=O) groups excluding carboxylic acids is 1. The van der Waals surface area contributed by atoms with Crippen LogP contribution < -0.4 is 0 Å². The molecule has 1 aliphatic rings. The van der Waals surface area contributed by atoms with E-state index in [0.717, 1.165) is 18.4 Å². The molecule has 0 heterocycles. The van der Waals surface area contributed by atoms with Crippen molar-refractivity contribution >= 4 is 5.97 Å². The zero-order valence-electron chi connectivity index (χ0n) is 7.09. The Hall–Kier alpha value is -0.790. The van der Waals surface area contributed by atoms with Crippen LogP contribution in [0.2, 0.25) is 0 Å². The minimum absolute atomic E-state index is 0.127. The number of hydrogen-bond acceptors (Lipinski definition) is 2. The fourth-order valence-corrected chi connectivity index (χ4v) is 1.34. The van der Waals surface area contributed by atoms with Crippen molar-refractivity contribution < 1.29 is 9.53 Å². The highest BCUT2D eigenvalue weighted by molar-refractivity contribution is 5.89. The van der Waals surface area contributed by atoms with Gasteiger partial charge in [-0.15, -0.1) is 0 Å². The molecule has 0 N–H and O–H groups in total. The Morgan fingerprint density at radius 1 is 1.82 bits per heavy atom. The predicted molar refractivity (Wildman–Crippen MR) is 43.1 cm³/mol. The second-order valence-corrected chi connectivity index (χ2v) is 2.86. The van der Waals surface area contributed by atoms with Gasteiger partial charge in [0.2, 0.25) is 0 Å². The van der Waals surface area contributed by atoms with Crippen molar-refractivity contribution in [2.45, 2.75) is 26.7 Å². The Morgan fingerprint density at radius 2 is 2.55 bits per heavy atom. The maximum Gasteiger partial charge on any atom is 0.333 e. The van der Waals surface area contributed by atoms with Gasteiger partial charge in [0, 0.05) is 5.57 Å². The van der Waals surface area contributed by atoms with Gasteiger partial charge in [-0.3, -0.25) is 0 Å². The van der Waals surface area contributed by atoms with Crippen LogP contribution in [0.15, 0.2) is 11.6 Å². The summed E-state index contributed by atoms with van der Waals surface area (Å²) in [4.78, 5) is 11.2. The summed E-state index contributed by atoms with van der Waals surface area (Å²) < 4.78 is 4.89. The fourth-order valence-electron chi connectivity index (χ4n) is 1.34. The van der Waals surface area contributed by atoms with Gasteiger partial charge in [0.25, 0.3) is 0 Å². The van der Waals surface area contributed by atoms with E-state index in [0.29, 0.717) is 12.5 Å². The highest BCUT2D eigenvalue weighted by atomic mass is 16.5. The van der Waals surface area contributed by atoms with Gasteiger partial charge in [-0.2, -0.15) is 0 Å². The first kappa shape index (κ1) is 8.31. The number of hydrogen-bond donors (Lipinski definition) is 0. The van der Waals surface area contributed by atoms with Crippen LogP contribution in [-0.4, -0.2) is 12.6 Å². The lowest BCUT2D eigenvalue weighted by Gasteiger charge is -2.06. The van der Waals surface area contributed by atoms with Crippen molar-refractivity contribution in [1.82, 2.24) is 0 Å². The SMILES string of the molecule is CCOC(=O)C1=CCC[C@@H]1C. The molecule has 0 aromatic carbocycles. The summed E-state index contributed by atoms with van der Waals surface area (Å²) in [6.07, 6.45) is 4.10. The second kappa shape index (κ2) is 3.56. The van der Waals surface area contributed by atoms with Crippen LogP contribution in [0.3, 0.4) is 0 Å². The Labute approximate surface area is 67.2 Å². The topological polar surface area (TPSA) is 26.3 Å². The molecule has 0 spiro atoms. The summed E-state index contributed by atoms with van der Waals surface area (Å²) in [7, 11) is 0. The van der Waals surface area contributed by atoms with Crippen molar-refractivity contribution in [3.8, 4) is 0 Å². The lowest BCUT2D eigenvalue weighted by molar-refractivity contribution is -0.139. The van der Waals surface area contributed by atoms with Crippen LogP contribution in [-0.2, 0) is 9.53 Å². The van der Waals surface area contributed by atoms with Crippen LogP contribution in [0, 0.1) is 5.92 Å². The summed E-state index contributed by atoms with van der Waals surface area (Å²) >= 11 is 0. The minimum atomic E-state index is -0.127. The van der Waals surface area contributed by atoms with Gasteiger partial charge in [-0.1, -0.05) is 13.0 Å². The average Bonchev–Trinajstić information content (AvgIpc) is 2.36. The van der Waals surface area contributed by atoms with E-state index in [1.54, 1.807) is 0 Å². The summed E-state index contributed by atoms with van der Waals surface area (Å²) in [5.74, 6) is 0.270. The molecule has 0 amide bonds. The second-order valence-electron chi connectivity index (χ2n) is 2.86. The molecule has 0 radical (unpaired) electrons. The largest absolute Gasteiger partial charge is 0.463 e. The first-order valence-corrected chi connectivity index (χ1v) is 4.13. The average molecular weight is 154 g/mol. The number of carbonyl (C=O) groups is 1. The van der Waals surface area contributed by atoms with Gasteiger partial charge in [-0.25, -0.2) is 4.79 Å². The normalized spacial score (nSPS) is 23.1. The molecule has 1 atom stereocenters. The number of esters is 1. The summed E-state index contributed by atoms with van der Waals surface area (Å²) in [5, 5.41) is 0. The third kappa shape index (κ3) is 1.82. The monoisotopic (exact) mass is 154 g/mol. The third-order valence-corrected chi connectivity index (χ3v) is 2.01. The Kier molecular flexibility index (Phi) is 2.69. The van der Waals surface area contributed by atoms with Gasteiger partial charge in [0.1, 0.15) is 0 Å². The molecular formula is C9H14O2. The summed E-state index contributed by atoms with van der Waals surface area (Å²) in [6.45, 7) is 4.37. The maximum atomic E-state index is 11.2. The molecule has 0 bridgehead atoms. The van der Waals surface area contributed by atoms with Crippen LogP contribution in [0.1, 0.15) is 26.7 Å². The van der Waals surface area contributed by atoms with Crippen LogP contribution >= 0.6 is 0 Å². The Bertz CT molecular complexity index is 182. The molecule has 0 unspecified atom stereocenters. The van der Waals surface area contributed by atoms with E-state index >= 15 is 0 Å². The molecule has 1 aliphatic carbocycles. The van der Waals surface area contributed by atoms with Gasteiger partial charge in [-0.05, 0) is 25.7 Å². The first-order chi connectivity index (χ1) is 5.25. The molecule has 0 aliphatic heterocycles. The van der Waals surface area contributed by atoms with Crippen molar-refractivity contribution in [2.24, 2.45) is 5.92 Å². The molecule has 2 nitrogen and oxygen atoms in total. The maximum absolute atomic E-state index is 11.2. The first-order valence-electron chi connectivity index (χ1n) is 4.13. The molecule has 0 aromatic rings. The fraction of sp³-hybridized carbons (Fsp3) is 0.667. The minimum Gasteiger partial charge on any atom is -0.463 e. The molecule has 11 heavy (non-hydrogen) atoms. The molecule has 0 saturated heterocycles. The van der Waals surface area contributed by atoms with E-state index in [4.69, 9.17) is 4.74 Å². The molecule has 2 heteroatoms. The molecular weight excluding hydrogens is 140 g/mol. The van der Waals surface area contributed by atoms with Gasteiger partial charge in [0.15, 0.2) is 0 Å². The smallest absolute Gasteiger partial charge is 0.333 e. The molecule has 0 saturated carbocycles. The summed E-state index contributed by atoms with van der Waals surface area (Å²) in [5.41, 5.74) is 0.867. The standard InChI is InChI=1S/C9H14O2/c1-3-11-9(10)8-6-4-5-7(8)2/h6-7H,3-5H2,1-2H3/t7-/m0/s1. The van der Waals surface area contributed by atoms with Crippen molar-refractivity contribution in [3.63, 3.8) is 0 Å². The van der Waals surface area contributed by atoms with E-state index < -0.39 is 0 Å². The van der Waals surface area contributed by atoms with Crippen molar-refractivity contribution in [3.05, 3.63) is 11.6 Å². The van der Waals surface area contributed by atoms with E-state index in [2.05, 4.69) is 6.92 Å². The Morgan fingerprint density at radius 3 is 3.00 bits per heavy atom. The third-order valence-electron chi connectivity index (χ3n) is 2.01. The summed E-state index contributed by atoms with van der Waals surface area (Å²) in [6, 6.07) is 0. The van der Waals surface area contributed by atoms with Gasteiger partial charge in [0.05, 0.1) is 6.61 Å². The Balaban J connectivity index is 2.52. The quantitative estimate of drug-likeness (QED) is 0.568. The number of ether oxygens (including phenoxy) is 1. The lowest BCUT2D eigenvalue weighted by atomic mass is 10.1. The highest BCUT2D eigenvalue weighted by Crippen LogP contribution is 2.25. The van der Waals surface area contributed by atoms with Gasteiger partial charge >= 0.3 is 5.97 Å². The zero-order chi connectivity index (χ0) is 8.27. The predicted octanol–water partition coefficient (Wildman–Crippen LogP) is 1.91. The van der Waals surface area contributed by atoms with Crippen LogP contribution in [0.4, 0.5) is 0 Å². The number of rotatable bonds is 2. The van der Waals surface area contributed by atoms with Crippen LogP contribution in [0.25, 0.3) is 0 Å². The van der Waals surface area contributed by atoms with Gasteiger partial charge < -0.3 is 4.74 Å². The van der Waals surface area contributed by atoms with E-state index in [1.807, 2.05) is 13.0 Å².